The molecule has 1 aliphatic heterocycles. The first kappa shape index (κ1) is 16.7. The first-order valence-corrected chi connectivity index (χ1v) is 8.47. The SMILES string of the molecule is C[C@@H]1CNCCN1C(=O)CSc1ccc2c(c1)CCC2.Cl. The smallest absolute Gasteiger partial charge is 0.233 e. The van der Waals surface area contributed by atoms with Gasteiger partial charge in [-0.15, -0.1) is 24.2 Å². The molecule has 1 heterocycles. The van der Waals surface area contributed by atoms with E-state index in [1.165, 1.54) is 35.3 Å². The summed E-state index contributed by atoms with van der Waals surface area (Å²) in [5.74, 6) is 0.827. The van der Waals surface area contributed by atoms with Crippen molar-refractivity contribution in [3.63, 3.8) is 0 Å². The van der Waals surface area contributed by atoms with E-state index < -0.39 is 0 Å². The number of piperazine rings is 1. The van der Waals surface area contributed by atoms with E-state index in [-0.39, 0.29) is 18.3 Å². The zero-order valence-electron chi connectivity index (χ0n) is 12.4. The van der Waals surface area contributed by atoms with Crippen LogP contribution in [0.25, 0.3) is 0 Å². The number of rotatable bonds is 3. The highest BCUT2D eigenvalue weighted by atomic mass is 35.5. The lowest BCUT2D eigenvalue weighted by molar-refractivity contribution is -0.131. The van der Waals surface area contributed by atoms with Gasteiger partial charge >= 0.3 is 0 Å². The van der Waals surface area contributed by atoms with Crippen molar-refractivity contribution in [2.45, 2.75) is 37.1 Å². The van der Waals surface area contributed by atoms with Gasteiger partial charge in [-0.3, -0.25) is 4.79 Å². The van der Waals surface area contributed by atoms with Crippen molar-refractivity contribution in [3.05, 3.63) is 29.3 Å². The zero-order valence-corrected chi connectivity index (χ0v) is 14.1. The summed E-state index contributed by atoms with van der Waals surface area (Å²) in [6.45, 7) is 4.78. The third-order valence-corrected chi connectivity index (χ3v) is 5.23. The molecule has 2 aliphatic rings. The van der Waals surface area contributed by atoms with Gasteiger partial charge in [-0.2, -0.15) is 0 Å². The highest BCUT2D eigenvalue weighted by molar-refractivity contribution is 8.00. The maximum Gasteiger partial charge on any atom is 0.233 e. The number of benzene rings is 1. The third-order valence-electron chi connectivity index (χ3n) is 4.25. The number of amides is 1. The first-order chi connectivity index (χ1) is 9.74. The molecule has 1 atom stereocenters. The van der Waals surface area contributed by atoms with Crippen molar-refractivity contribution in [2.24, 2.45) is 0 Å². The Morgan fingerprint density at radius 1 is 1.38 bits per heavy atom. The molecule has 0 unspecified atom stereocenters. The van der Waals surface area contributed by atoms with Crippen molar-refractivity contribution >= 4 is 30.1 Å². The minimum absolute atomic E-state index is 0. The molecule has 3 rings (SSSR count). The standard InChI is InChI=1S/C16H22N2OS.ClH/c1-12-10-17-7-8-18(12)16(19)11-20-15-6-5-13-3-2-4-14(13)9-15;/h5-6,9,12,17H,2-4,7-8,10-11H2,1H3;1H/t12-;/m1./s1. The average molecular weight is 327 g/mol. The lowest BCUT2D eigenvalue weighted by atomic mass is 10.1. The van der Waals surface area contributed by atoms with Gasteiger partial charge in [0.2, 0.25) is 5.91 Å². The molecule has 0 radical (unpaired) electrons. The van der Waals surface area contributed by atoms with Gasteiger partial charge in [0.1, 0.15) is 0 Å². The van der Waals surface area contributed by atoms with Crippen molar-refractivity contribution in [1.29, 1.82) is 0 Å². The van der Waals surface area contributed by atoms with E-state index in [2.05, 4.69) is 30.4 Å². The molecule has 1 N–H and O–H groups in total. The van der Waals surface area contributed by atoms with Crippen LogP contribution in [0.3, 0.4) is 0 Å². The van der Waals surface area contributed by atoms with Gasteiger partial charge < -0.3 is 10.2 Å². The monoisotopic (exact) mass is 326 g/mol. The molecular formula is C16H23ClN2OS. The quantitative estimate of drug-likeness (QED) is 0.866. The summed E-state index contributed by atoms with van der Waals surface area (Å²) in [5.41, 5.74) is 2.98. The minimum Gasteiger partial charge on any atom is -0.337 e. The Hall–Kier alpha value is -0.710. The van der Waals surface area contributed by atoms with Gasteiger partial charge in [-0.25, -0.2) is 0 Å². The number of carbonyl (C=O) groups excluding carboxylic acids is 1. The number of hydrogen-bond acceptors (Lipinski definition) is 3. The van der Waals surface area contributed by atoms with Crippen molar-refractivity contribution < 1.29 is 4.79 Å². The van der Waals surface area contributed by atoms with Gasteiger partial charge in [0, 0.05) is 30.6 Å². The summed E-state index contributed by atoms with van der Waals surface area (Å²) in [4.78, 5) is 15.5. The molecule has 0 bridgehead atoms. The lowest BCUT2D eigenvalue weighted by Crippen LogP contribution is -2.52. The molecule has 1 aliphatic carbocycles. The number of carbonyl (C=O) groups is 1. The van der Waals surface area contributed by atoms with Crippen LogP contribution >= 0.6 is 24.2 Å². The lowest BCUT2D eigenvalue weighted by Gasteiger charge is -2.34. The Labute approximate surface area is 137 Å². The number of fused-ring (bicyclic) bond motifs is 1. The fourth-order valence-electron chi connectivity index (χ4n) is 3.08. The summed E-state index contributed by atoms with van der Waals surface area (Å²) in [6.07, 6.45) is 3.70. The van der Waals surface area contributed by atoms with Crippen molar-refractivity contribution in [2.75, 3.05) is 25.4 Å². The fourth-order valence-corrected chi connectivity index (χ4v) is 3.92. The highest BCUT2D eigenvalue weighted by Crippen LogP contribution is 2.27. The molecule has 116 valence electrons. The molecule has 1 amide bonds. The Kier molecular flexibility index (Phi) is 5.97. The molecule has 1 fully saturated rings. The molecule has 1 saturated heterocycles. The normalized spacial score (nSPS) is 20.8. The second kappa shape index (κ2) is 7.52. The second-order valence-corrected chi connectivity index (χ2v) is 6.76. The number of aryl methyl sites for hydroxylation is 2. The summed E-state index contributed by atoms with van der Waals surface area (Å²) in [6, 6.07) is 7.00. The molecule has 0 saturated carbocycles. The summed E-state index contributed by atoms with van der Waals surface area (Å²) in [5, 5.41) is 3.32. The Morgan fingerprint density at radius 3 is 3.00 bits per heavy atom. The maximum absolute atomic E-state index is 12.3. The van der Waals surface area contributed by atoms with Gasteiger partial charge in [0.25, 0.3) is 0 Å². The molecule has 5 heteroatoms. The largest absolute Gasteiger partial charge is 0.337 e. The third kappa shape index (κ3) is 3.93. The van der Waals surface area contributed by atoms with Gasteiger partial charge in [0.05, 0.1) is 5.75 Å². The van der Waals surface area contributed by atoms with Crippen LogP contribution < -0.4 is 5.32 Å². The Bertz CT molecular complexity index is 509. The topological polar surface area (TPSA) is 32.3 Å². The van der Waals surface area contributed by atoms with Crippen LogP contribution in [0.15, 0.2) is 23.1 Å². The zero-order chi connectivity index (χ0) is 13.9. The Balaban J connectivity index is 0.00000161. The average Bonchev–Trinajstić information content (AvgIpc) is 2.92. The molecule has 1 aromatic rings. The molecule has 1 aromatic carbocycles. The van der Waals surface area contributed by atoms with Crippen LogP contribution in [0.2, 0.25) is 0 Å². The van der Waals surface area contributed by atoms with Crippen LogP contribution in [-0.4, -0.2) is 42.2 Å². The maximum atomic E-state index is 12.3. The van der Waals surface area contributed by atoms with E-state index >= 15 is 0 Å². The highest BCUT2D eigenvalue weighted by Gasteiger charge is 2.22. The first-order valence-electron chi connectivity index (χ1n) is 7.49. The van der Waals surface area contributed by atoms with Gasteiger partial charge in [-0.1, -0.05) is 6.07 Å². The van der Waals surface area contributed by atoms with E-state index in [9.17, 15) is 4.79 Å². The number of hydrogen-bond donors (Lipinski definition) is 1. The van der Waals surface area contributed by atoms with Crippen LogP contribution in [0.5, 0.6) is 0 Å². The molecule has 21 heavy (non-hydrogen) atoms. The molecule has 0 aromatic heterocycles. The van der Waals surface area contributed by atoms with E-state index in [4.69, 9.17) is 0 Å². The minimum atomic E-state index is 0. The van der Waals surface area contributed by atoms with E-state index in [0.717, 1.165) is 19.6 Å². The summed E-state index contributed by atoms with van der Waals surface area (Å²) < 4.78 is 0. The van der Waals surface area contributed by atoms with E-state index in [1.54, 1.807) is 11.8 Å². The summed E-state index contributed by atoms with van der Waals surface area (Å²) >= 11 is 1.68. The number of nitrogens with one attached hydrogen (secondary N) is 1. The summed E-state index contributed by atoms with van der Waals surface area (Å²) in [7, 11) is 0. The molecule has 3 nitrogen and oxygen atoms in total. The number of thioether (sulfide) groups is 1. The van der Waals surface area contributed by atoms with E-state index in [0.29, 0.717) is 11.8 Å². The Morgan fingerprint density at radius 2 is 2.19 bits per heavy atom. The van der Waals surface area contributed by atoms with Crippen LogP contribution in [0, 0.1) is 0 Å². The second-order valence-electron chi connectivity index (χ2n) is 5.71. The van der Waals surface area contributed by atoms with Crippen molar-refractivity contribution in [3.8, 4) is 0 Å². The van der Waals surface area contributed by atoms with E-state index in [1.807, 2.05) is 4.90 Å². The predicted octanol–water partition coefficient (Wildman–Crippen LogP) is 2.51. The number of nitrogens with zero attached hydrogens (tertiary/aromatic N) is 1. The molecular weight excluding hydrogens is 304 g/mol. The predicted molar refractivity (Wildman–Crippen MR) is 90.5 cm³/mol. The van der Waals surface area contributed by atoms with Crippen LogP contribution in [0.1, 0.15) is 24.5 Å². The van der Waals surface area contributed by atoms with Gasteiger partial charge in [0.15, 0.2) is 0 Å². The molecule has 0 spiro atoms. The van der Waals surface area contributed by atoms with Crippen LogP contribution in [-0.2, 0) is 17.6 Å². The van der Waals surface area contributed by atoms with Crippen molar-refractivity contribution in [1.82, 2.24) is 10.2 Å². The van der Waals surface area contributed by atoms with Crippen LogP contribution in [0.4, 0.5) is 0 Å². The van der Waals surface area contributed by atoms with Gasteiger partial charge in [-0.05, 0) is 49.4 Å². The fraction of sp³-hybridized carbons (Fsp3) is 0.562. The number of halogens is 1.